The first-order valence-corrected chi connectivity index (χ1v) is 8.15. The molecular weight excluding hydrogens is 304 g/mol. The van der Waals surface area contributed by atoms with Crippen molar-refractivity contribution in [3.05, 3.63) is 52.6 Å². The van der Waals surface area contributed by atoms with Gasteiger partial charge in [-0.3, -0.25) is 9.89 Å². The maximum atomic E-state index is 12.7. The van der Waals surface area contributed by atoms with Gasteiger partial charge < -0.3 is 11.1 Å². The lowest BCUT2D eigenvalue weighted by molar-refractivity contribution is 0.0935. The minimum absolute atomic E-state index is 0.0891. The number of pyridine rings is 1. The van der Waals surface area contributed by atoms with Gasteiger partial charge in [-0.2, -0.15) is 10.2 Å². The van der Waals surface area contributed by atoms with Crippen LogP contribution in [0.3, 0.4) is 0 Å². The number of nitrogens with two attached hydrogens (primary N) is 1. The molecular formula is C17H20N6O. The zero-order chi connectivity index (χ0) is 16.7. The standard InChI is InChI=1S/C17H20N6O/c1-10-13-7-12(2-3-15(13)22-21-10)20-17(24)14-9-19-23-5-4-11(8-18)6-16(14)23/h4-6,9,12H,2-3,7-8,18H2,1H3,(H,20,24)(H,21,22). The number of hydrogen-bond acceptors (Lipinski definition) is 4. The van der Waals surface area contributed by atoms with Crippen LogP contribution in [-0.4, -0.2) is 31.8 Å². The van der Waals surface area contributed by atoms with Crippen LogP contribution >= 0.6 is 0 Å². The molecule has 4 rings (SSSR count). The molecule has 3 aromatic heterocycles. The Labute approximate surface area is 139 Å². The topological polar surface area (TPSA) is 101 Å². The van der Waals surface area contributed by atoms with E-state index in [1.165, 1.54) is 5.56 Å². The molecule has 7 nitrogen and oxygen atoms in total. The molecule has 3 heterocycles. The molecule has 24 heavy (non-hydrogen) atoms. The molecule has 0 aliphatic heterocycles. The molecule has 0 saturated heterocycles. The molecule has 0 radical (unpaired) electrons. The number of carbonyl (C=O) groups excluding carboxylic acids is 1. The van der Waals surface area contributed by atoms with Crippen molar-refractivity contribution in [2.24, 2.45) is 5.73 Å². The van der Waals surface area contributed by atoms with Crippen molar-refractivity contribution in [1.29, 1.82) is 0 Å². The van der Waals surface area contributed by atoms with Gasteiger partial charge in [-0.05, 0) is 49.4 Å². The van der Waals surface area contributed by atoms with Gasteiger partial charge in [0.1, 0.15) is 0 Å². The molecule has 7 heteroatoms. The number of fused-ring (bicyclic) bond motifs is 2. The minimum Gasteiger partial charge on any atom is -0.349 e. The molecule has 0 fully saturated rings. The predicted molar refractivity (Wildman–Crippen MR) is 89.7 cm³/mol. The highest BCUT2D eigenvalue weighted by Crippen LogP contribution is 2.22. The fraction of sp³-hybridized carbons (Fsp3) is 0.353. The van der Waals surface area contributed by atoms with Gasteiger partial charge in [0.05, 0.1) is 23.0 Å². The van der Waals surface area contributed by atoms with Gasteiger partial charge >= 0.3 is 0 Å². The molecule has 4 N–H and O–H groups in total. The summed E-state index contributed by atoms with van der Waals surface area (Å²) in [5.74, 6) is -0.0891. The molecule has 124 valence electrons. The molecule has 0 aromatic carbocycles. The van der Waals surface area contributed by atoms with Crippen molar-refractivity contribution in [2.75, 3.05) is 0 Å². The number of nitrogens with zero attached hydrogens (tertiary/aromatic N) is 3. The van der Waals surface area contributed by atoms with Gasteiger partial charge in [-0.25, -0.2) is 4.52 Å². The number of aromatic amines is 1. The number of aromatic nitrogens is 4. The first-order valence-electron chi connectivity index (χ1n) is 8.15. The third kappa shape index (κ3) is 2.46. The van der Waals surface area contributed by atoms with Crippen molar-refractivity contribution in [1.82, 2.24) is 25.1 Å². The largest absolute Gasteiger partial charge is 0.349 e. The summed E-state index contributed by atoms with van der Waals surface area (Å²) in [4.78, 5) is 12.7. The molecule has 0 spiro atoms. The lowest BCUT2D eigenvalue weighted by Crippen LogP contribution is -2.38. The maximum absolute atomic E-state index is 12.7. The van der Waals surface area contributed by atoms with Gasteiger partial charge in [-0.1, -0.05) is 0 Å². The summed E-state index contributed by atoms with van der Waals surface area (Å²) >= 11 is 0. The highest BCUT2D eigenvalue weighted by Gasteiger charge is 2.25. The van der Waals surface area contributed by atoms with E-state index in [1.807, 2.05) is 25.3 Å². The van der Waals surface area contributed by atoms with Crippen molar-refractivity contribution in [2.45, 2.75) is 38.8 Å². The molecule has 1 aliphatic carbocycles. The van der Waals surface area contributed by atoms with Gasteiger partial charge in [0.2, 0.25) is 0 Å². The van der Waals surface area contributed by atoms with E-state index < -0.39 is 0 Å². The Hall–Kier alpha value is -2.67. The van der Waals surface area contributed by atoms with E-state index in [0.29, 0.717) is 12.1 Å². The molecule has 0 saturated carbocycles. The van der Waals surface area contributed by atoms with E-state index in [-0.39, 0.29) is 11.9 Å². The first kappa shape index (κ1) is 14.9. The number of H-pyrrole nitrogens is 1. The SMILES string of the molecule is Cc1[nH]nc2c1CC(NC(=O)c1cnn3ccc(CN)cc13)CC2. The average Bonchev–Trinajstić information content (AvgIpc) is 3.18. The normalized spacial score (nSPS) is 17.0. The zero-order valence-corrected chi connectivity index (χ0v) is 13.5. The van der Waals surface area contributed by atoms with E-state index in [9.17, 15) is 4.79 Å². The van der Waals surface area contributed by atoms with Crippen LogP contribution in [0.25, 0.3) is 5.52 Å². The third-order valence-corrected chi connectivity index (χ3v) is 4.74. The smallest absolute Gasteiger partial charge is 0.255 e. The summed E-state index contributed by atoms with van der Waals surface area (Å²) in [6.07, 6.45) is 6.04. The van der Waals surface area contributed by atoms with Crippen LogP contribution in [0.15, 0.2) is 24.5 Å². The molecule has 1 amide bonds. The van der Waals surface area contributed by atoms with Crippen molar-refractivity contribution >= 4 is 11.4 Å². The highest BCUT2D eigenvalue weighted by atomic mass is 16.1. The monoisotopic (exact) mass is 324 g/mol. The number of carbonyl (C=O) groups is 1. The van der Waals surface area contributed by atoms with E-state index in [4.69, 9.17) is 5.73 Å². The van der Waals surface area contributed by atoms with Crippen LogP contribution < -0.4 is 11.1 Å². The van der Waals surface area contributed by atoms with Crippen LogP contribution in [-0.2, 0) is 19.4 Å². The summed E-state index contributed by atoms with van der Waals surface area (Å²) in [6, 6.07) is 3.95. The molecule has 1 aliphatic rings. The van der Waals surface area contributed by atoms with E-state index in [2.05, 4.69) is 20.6 Å². The van der Waals surface area contributed by atoms with E-state index >= 15 is 0 Å². The second kappa shape index (κ2) is 5.76. The average molecular weight is 324 g/mol. The highest BCUT2D eigenvalue weighted by molar-refractivity contribution is 6.00. The van der Waals surface area contributed by atoms with Crippen LogP contribution in [0, 0.1) is 6.92 Å². The lowest BCUT2D eigenvalue weighted by Gasteiger charge is -2.23. The number of hydrogen-bond donors (Lipinski definition) is 3. The van der Waals surface area contributed by atoms with Crippen LogP contribution in [0.1, 0.15) is 39.3 Å². The minimum atomic E-state index is -0.0891. The van der Waals surface area contributed by atoms with Gasteiger partial charge in [0.15, 0.2) is 0 Å². The van der Waals surface area contributed by atoms with Crippen LogP contribution in [0.2, 0.25) is 0 Å². The molecule has 1 atom stereocenters. The van der Waals surface area contributed by atoms with E-state index in [1.54, 1.807) is 10.7 Å². The Morgan fingerprint density at radius 1 is 1.54 bits per heavy atom. The lowest BCUT2D eigenvalue weighted by atomic mass is 9.91. The number of aryl methyl sites for hydroxylation is 2. The summed E-state index contributed by atoms with van der Waals surface area (Å²) < 4.78 is 1.70. The zero-order valence-electron chi connectivity index (χ0n) is 13.5. The van der Waals surface area contributed by atoms with Crippen LogP contribution in [0.5, 0.6) is 0 Å². The van der Waals surface area contributed by atoms with Crippen molar-refractivity contribution < 1.29 is 4.79 Å². The predicted octanol–water partition coefficient (Wildman–Crippen LogP) is 1.11. The summed E-state index contributed by atoms with van der Waals surface area (Å²) in [6.45, 7) is 2.46. The Bertz CT molecular complexity index is 909. The van der Waals surface area contributed by atoms with Gasteiger partial charge in [0.25, 0.3) is 5.91 Å². The fourth-order valence-corrected chi connectivity index (χ4v) is 3.35. The maximum Gasteiger partial charge on any atom is 0.255 e. The van der Waals surface area contributed by atoms with Gasteiger partial charge in [-0.15, -0.1) is 0 Å². The second-order valence-electron chi connectivity index (χ2n) is 6.31. The number of rotatable bonds is 3. The quantitative estimate of drug-likeness (QED) is 0.672. The Morgan fingerprint density at radius 2 is 2.42 bits per heavy atom. The summed E-state index contributed by atoms with van der Waals surface area (Å²) in [7, 11) is 0. The third-order valence-electron chi connectivity index (χ3n) is 4.74. The fourth-order valence-electron chi connectivity index (χ4n) is 3.35. The summed E-state index contributed by atoms with van der Waals surface area (Å²) in [5, 5.41) is 14.7. The van der Waals surface area contributed by atoms with Crippen molar-refractivity contribution in [3.63, 3.8) is 0 Å². The second-order valence-corrected chi connectivity index (χ2v) is 6.31. The Balaban J connectivity index is 1.56. The summed E-state index contributed by atoms with van der Waals surface area (Å²) in [5.41, 5.74) is 11.5. The Kier molecular flexibility index (Phi) is 3.57. The van der Waals surface area contributed by atoms with Gasteiger partial charge in [0, 0.05) is 24.5 Å². The molecule has 3 aromatic rings. The number of nitrogens with one attached hydrogen (secondary N) is 2. The van der Waals surface area contributed by atoms with Crippen molar-refractivity contribution in [3.8, 4) is 0 Å². The first-order chi connectivity index (χ1) is 11.7. The number of amides is 1. The van der Waals surface area contributed by atoms with E-state index in [0.717, 1.165) is 41.7 Å². The Morgan fingerprint density at radius 3 is 3.25 bits per heavy atom. The molecule has 0 bridgehead atoms. The molecule has 1 unspecified atom stereocenters. The van der Waals surface area contributed by atoms with Crippen LogP contribution in [0.4, 0.5) is 0 Å².